The third-order valence-corrected chi connectivity index (χ3v) is 3.80. The fraction of sp³-hybridized carbons (Fsp3) is 0.417. The standard InChI is InChI=1S/C12H13N3O2S/c1-8-4-9(6-13)5-11(14-8)15-2-3-18-7-10(15)12(16)17/h4-5,10H,2-3,7H2,1H3,(H,16,17). The van der Waals surface area contributed by atoms with Gasteiger partial charge in [-0.05, 0) is 19.1 Å². The van der Waals surface area contributed by atoms with Gasteiger partial charge in [-0.3, -0.25) is 0 Å². The summed E-state index contributed by atoms with van der Waals surface area (Å²) in [5.74, 6) is 1.16. The molecule has 2 rings (SSSR count). The number of aliphatic carboxylic acids is 1. The molecule has 1 aliphatic heterocycles. The van der Waals surface area contributed by atoms with Crippen LogP contribution in [0.25, 0.3) is 0 Å². The van der Waals surface area contributed by atoms with Crippen LogP contribution in [0.15, 0.2) is 12.1 Å². The molecule has 18 heavy (non-hydrogen) atoms. The molecule has 94 valence electrons. The molecule has 0 aliphatic carbocycles. The first-order chi connectivity index (χ1) is 8.61. The molecule has 2 heterocycles. The average molecular weight is 263 g/mol. The highest BCUT2D eigenvalue weighted by atomic mass is 32.2. The minimum atomic E-state index is -0.844. The SMILES string of the molecule is Cc1cc(C#N)cc(N2CCSCC2C(=O)O)n1. The minimum absolute atomic E-state index is 0.514. The van der Waals surface area contributed by atoms with Crippen molar-refractivity contribution in [3.8, 4) is 6.07 Å². The second kappa shape index (κ2) is 5.27. The summed E-state index contributed by atoms with van der Waals surface area (Å²) < 4.78 is 0. The fourth-order valence-corrected chi connectivity index (χ4v) is 2.98. The maximum atomic E-state index is 11.2. The summed E-state index contributed by atoms with van der Waals surface area (Å²) in [7, 11) is 0. The summed E-state index contributed by atoms with van der Waals surface area (Å²) in [4.78, 5) is 17.3. The summed E-state index contributed by atoms with van der Waals surface area (Å²) in [6.45, 7) is 2.45. The monoisotopic (exact) mass is 263 g/mol. The second-order valence-electron chi connectivity index (χ2n) is 4.09. The highest BCUT2D eigenvalue weighted by Gasteiger charge is 2.30. The summed E-state index contributed by atoms with van der Waals surface area (Å²) in [6.07, 6.45) is 0. The van der Waals surface area contributed by atoms with Crippen molar-refractivity contribution >= 4 is 23.5 Å². The van der Waals surface area contributed by atoms with Crippen molar-refractivity contribution in [3.63, 3.8) is 0 Å². The second-order valence-corrected chi connectivity index (χ2v) is 5.24. The molecule has 6 heteroatoms. The Hall–Kier alpha value is -1.74. The van der Waals surface area contributed by atoms with E-state index in [9.17, 15) is 9.90 Å². The van der Waals surface area contributed by atoms with Crippen molar-refractivity contribution in [2.24, 2.45) is 0 Å². The van der Waals surface area contributed by atoms with E-state index in [-0.39, 0.29) is 0 Å². The van der Waals surface area contributed by atoms with Gasteiger partial charge in [0.15, 0.2) is 0 Å². The van der Waals surface area contributed by atoms with E-state index in [1.54, 1.807) is 35.7 Å². The first-order valence-corrected chi connectivity index (χ1v) is 6.73. The average Bonchev–Trinajstić information content (AvgIpc) is 2.38. The van der Waals surface area contributed by atoms with Gasteiger partial charge in [0.05, 0.1) is 11.6 Å². The van der Waals surface area contributed by atoms with Crippen LogP contribution < -0.4 is 4.90 Å². The summed E-state index contributed by atoms with van der Waals surface area (Å²) in [6, 6.07) is 4.85. The minimum Gasteiger partial charge on any atom is -0.480 e. The van der Waals surface area contributed by atoms with Gasteiger partial charge in [-0.15, -0.1) is 0 Å². The van der Waals surface area contributed by atoms with Crippen LogP contribution in [-0.4, -0.2) is 40.2 Å². The van der Waals surface area contributed by atoms with E-state index in [0.29, 0.717) is 23.7 Å². The molecule has 0 radical (unpaired) electrons. The van der Waals surface area contributed by atoms with Gasteiger partial charge in [0.1, 0.15) is 11.9 Å². The fourth-order valence-electron chi connectivity index (χ4n) is 1.95. The molecule has 1 unspecified atom stereocenters. The van der Waals surface area contributed by atoms with Gasteiger partial charge in [-0.25, -0.2) is 9.78 Å². The first-order valence-electron chi connectivity index (χ1n) is 5.58. The number of aryl methyl sites for hydroxylation is 1. The number of nitriles is 1. The lowest BCUT2D eigenvalue weighted by atomic mass is 10.2. The van der Waals surface area contributed by atoms with E-state index in [0.717, 1.165) is 11.4 Å². The highest BCUT2D eigenvalue weighted by molar-refractivity contribution is 7.99. The molecule has 0 aromatic carbocycles. The van der Waals surface area contributed by atoms with Crippen molar-refractivity contribution < 1.29 is 9.90 Å². The highest BCUT2D eigenvalue weighted by Crippen LogP contribution is 2.23. The topological polar surface area (TPSA) is 77.2 Å². The number of carboxylic acids is 1. The maximum absolute atomic E-state index is 11.2. The normalized spacial score (nSPS) is 19.3. The number of pyridine rings is 1. The molecule has 5 nitrogen and oxygen atoms in total. The Labute approximate surface area is 109 Å². The first kappa shape index (κ1) is 12.7. The maximum Gasteiger partial charge on any atom is 0.327 e. The molecule has 1 aromatic heterocycles. The Bertz CT molecular complexity index is 513. The lowest BCUT2D eigenvalue weighted by Gasteiger charge is -2.33. The van der Waals surface area contributed by atoms with E-state index in [4.69, 9.17) is 5.26 Å². The zero-order chi connectivity index (χ0) is 13.1. The third kappa shape index (κ3) is 2.57. The van der Waals surface area contributed by atoms with Gasteiger partial charge in [0.25, 0.3) is 0 Å². The van der Waals surface area contributed by atoms with Gasteiger partial charge in [-0.2, -0.15) is 17.0 Å². The van der Waals surface area contributed by atoms with Crippen molar-refractivity contribution in [1.29, 1.82) is 5.26 Å². The van der Waals surface area contributed by atoms with Crippen LogP contribution in [0, 0.1) is 18.3 Å². The van der Waals surface area contributed by atoms with Crippen molar-refractivity contribution in [2.45, 2.75) is 13.0 Å². The number of hydrogen-bond acceptors (Lipinski definition) is 5. The molecule has 0 spiro atoms. The van der Waals surface area contributed by atoms with Crippen molar-refractivity contribution in [3.05, 3.63) is 23.4 Å². The number of carbonyl (C=O) groups is 1. The molecular formula is C12H13N3O2S. The Morgan fingerprint density at radius 3 is 3.11 bits per heavy atom. The largest absolute Gasteiger partial charge is 0.480 e. The van der Waals surface area contributed by atoms with Crippen LogP contribution in [0.2, 0.25) is 0 Å². The van der Waals surface area contributed by atoms with Crippen LogP contribution in [0.1, 0.15) is 11.3 Å². The predicted molar refractivity (Wildman–Crippen MR) is 69.8 cm³/mol. The molecule has 1 fully saturated rings. The quantitative estimate of drug-likeness (QED) is 0.865. The number of anilines is 1. The molecule has 0 amide bonds. The lowest BCUT2D eigenvalue weighted by molar-refractivity contribution is -0.138. The Morgan fingerprint density at radius 1 is 1.67 bits per heavy atom. The number of nitrogens with zero attached hydrogens (tertiary/aromatic N) is 3. The number of thioether (sulfide) groups is 1. The van der Waals surface area contributed by atoms with Crippen molar-refractivity contribution in [2.75, 3.05) is 23.0 Å². The molecule has 1 aromatic rings. The predicted octanol–water partition coefficient (Wildman–Crippen LogP) is 1.27. The third-order valence-electron chi connectivity index (χ3n) is 2.78. The number of aromatic nitrogens is 1. The number of carboxylic acid groups (broad SMARTS) is 1. The molecule has 1 N–H and O–H groups in total. The van der Waals surface area contributed by atoms with Crippen molar-refractivity contribution in [1.82, 2.24) is 4.98 Å². The van der Waals surface area contributed by atoms with E-state index in [2.05, 4.69) is 11.1 Å². The van der Waals surface area contributed by atoms with Crippen LogP contribution in [0.4, 0.5) is 5.82 Å². The van der Waals surface area contributed by atoms with E-state index in [1.807, 2.05) is 0 Å². The number of rotatable bonds is 2. The molecule has 0 saturated carbocycles. The summed E-state index contributed by atoms with van der Waals surface area (Å²) in [5, 5.41) is 18.2. The zero-order valence-electron chi connectivity index (χ0n) is 9.96. The van der Waals surface area contributed by atoms with E-state index >= 15 is 0 Å². The van der Waals surface area contributed by atoms with Crippen LogP contribution in [0.3, 0.4) is 0 Å². The molecule has 1 aliphatic rings. The Balaban J connectivity index is 2.36. The van der Waals surface area contributed by atoms with Gasteiger partial charge in [0.2, 0.25) is 0 Å². The van der Waals surface area contributed by atoms with Crippen LogP contribution in [0.5, 0.6) is 0 Å². The summed E-state index contributed by atoms with van der Waals surface area (Å²) >= 11 is 1.63. The molecule has 0 bridgehead atoms. The van der Waals surface area contributed by atoms with Gasteiger partial charge < -0.3 is 10.0 Å². The van der Waals surface area contributed by atoms with Crippen LogP contribution in [-0.2, 0) is 4.79 Å². The zero-order valence-corrected chi connectivity index (χ0v) is 10.8. The number of hydrogen-bond donors (Lipinski definition) is 1. The van der Waals surface area contributed by atoms with Crippen LogP contribution >= 0.6 is 11.8 Å². The lowest BCUT2D eigenvalue weighted by Crippen LogP contribution is -2.47. The summed E-state index contributed by atoms with van der Waals surface area (Å²) in [5.41, 5.74) is 1.24. The molecular weight excluding hydrogens is 250 g/mol. The molecule has 1 atom stereocenters. The Morgan fingerprint density at radius 2 is 2.44 bits per heavy atom. The van der Waals surface area contributed by atoms with Gasteiger partial charge in [0, 0.05) is 23.7 Å². The van der Waals surface area contributed by atoms with E-state index < -0.39 is 12.0 Å². The van der Waals surface area contributed by atoms with Gasteiger partial charge >= 0.3 is 5.97 Å². The van der Waals surface area contributed by atoms with E-state index in [1.165, 1.54) is 0 Å². The Kier molecular flexibility index (Phi) is 3.72. The molecule has 1 saturated heterocycles. The van der Waals surface area contributed by atoms with Gasteiger partial charge in [-0.1, -0.05) is 0 Å². The smallest absolute Gasteiger partial charge is 0.327 e.